The fourth-order valence-electron chi connectivity index (χ4n) is 9.69. The smallest absolute Gasteiger partial charge is 0.320 e. The zero-order chi connectivity index (χ0) is 24.9. The van der Waals surface area contributed by atoms with Gasteiger partial charge in [-0.1, -0.05) is 47.1 Å². The summed E-state index contributed by atoms with van der Waals surface area (Å²) in [5.41, 5.74) is -3.08. The SMILES string of the molecule is CC1(C)CCC[C@@]2(C)C1CC[C@@]1(C)C3=CC(=O)[C@@]4(C(=O)O)CC[C@](C)(C=O)C[C@@]4(O)C3=CCC21. The number of allylic oxidation sites excluding steroid dienone is 2. The van der Waals surface area contributed by atoms with E-state index in [0.717, 1.165) is 37.5 Å². The Bertz CT molecular complexity index is 1040. The maximum absolute atomic E-state index is 13.7. The Morgan fingerprint density at radius 3 is 2.35 bits per heavy atom. The number of carbonyl (C=O) groups is 3. The molecule has 0 bridgehead atoms. The average molecular weight is 469 g/mol. The molecule has 2 unspecified atom stereocenters. The Hall–Kier alpha value is -1.75. The Morgan fingerprint density at radius 2 is 1.71 bits per heavy atom. The van der Waals surface area contributed by atoms with Gasteiger partial charge in [0, 0.05) is 5.41 Å². The van der Waals surface area contributed by atoms with Crippen molar-refractivity contribution in [1.82, 2.24) is 0 Å². The lowest BCUT2D eigenvalue weighted by Crippen LogP contribution is -2.67. The van der Waals surface area contributed by atoms with Gasteiger partial charge in [0.25, 0.3) is 0 Å². The second kappa shape index (κ2) is 6.93. The van der Waals surface area contributed by atoms with E-state index >= 15 is 0 Å². The van der Waals surface area contributed by atoms with Crippen LogP contribution in [0.5, 0.6) is 0 Å². The third-order valence-corrected chi connectivity index (χ3v) is 11.5. The molecule has 0 amide bonds. The minimum atomic E-state index is -1.91. The molecule has 0 aromatic rings. The third kappa shape index (κ3) is 2.68. The molecule has 5 rings (SSSR count). The molecule has 0 radical (unpaired) electrons. The number of carboxylic acid groups (broad SMARTS) is 1. The van der Waals surface area contributed by atoms with Crippen LogP contribution >= 0.6 is 0 Å². The molecule has 5 heteroatoms. The van der Waals surface area contributed by atoms with Gasteiger partial charge >= 0.3 is 5.97 Å². The summed E-state index contributed by atoms with van der Waals surface area (Å²) >= 11 is 0. The molecule has 3 fully saturated rings. The molecule has 0 spiro atoms. The van der Waals surface area contributed by atoms with Crippen molar-refractivity contribution in [2.24, 2.45) is 38.9 Å². The topological polar surface area (TPSA) is 91.7 Å². The lowest BCUT2D eigenvalue weighted by molar-refractivity contribution is -0.184. The fourth-order valence-corrected chi connectivity index (χ4v) is 9.69. The first-order chi connectivity index (χ1) is 15.7. The van der Waals surface area contributed by atoms with Crippen molar-refractivity contribution < 1.29 is 24.6 Å². The quantitative estimate of drug-likeness (QED) is 0.426. The lowest BCUT2D eigenvalue weighted by atomic mass is 9.38. The van der Waals surface area contributed by atoms with E-state index in [1.54, 1.807) is 13.0 Å². The summed E-state index contributed by atoms with van der Waals surface area (Å²) in [7, 11) is 0. The second-order valence-corrected chi connectivity index (χ2v) is 13.7. The van der Waals surface area contributed by atoms with Crippen LogP contribution in [0.3, 0.4) is 0 Å². The molecular formula is C29H40O5. The van der Waals surface area contributed by atoms with Crippen LogP contribution < -0.4 is 0 Å². The van der Waals surface area contributed by atoms with E-state index in [1.807, 2.05) is 6.08 Å². The monoisotopic (exact) mass is 468 g/mol. The minimum Gasteiger partial charge on any atom is -0.480 e. The number of rotatable bonds is 2. The summed E-state index contributed by atoms with van der Waals surface area (Å²) < 4.78 is 0. The normalized spacial score (nSPS) is 49.4. The van der Waals surface area contributed by atoms with Gasteiger partial charge in [-0.2, -0.15) is 0 Å². The maximum atomic E-state index is 13.7. The number of aliphatic hydroxyl groups is 1. The fraction of sp³-hybridized carbons (Fsp3) is 0.759. The number of fused-ring (bicyclic) bond motifs is 7. The second-order valence-electron chi connectivity index (χ2n) is 13.7. The average Bonchev–Trinajstić information content (AvgIpc) is 2.73. The standard InChI is InChI=1S/C29H40O5/c1-24(2)10-6-11-27(5)20(24)9-12-26(4)19-15-22(31)28(23(32)33)14-13-25(3,17-30)16-29(28,34)18(19)7-8-21(26)27/h7,15,17,20-21,34H,6,8-14,16H2,1-5H3,(H,32,33)/t20?,21?,25-,26-,27-,28+,29+/m0/s1. The molecule has 0 aliphatic heterocycles. The zero-order valence-electron chi connectivity index (χ0n) is 21.4. The predicted molar refractivity (Wildman–Crippen MR) is 129 cm³/mol. The summed E-state index contributed by atoms with van der Waals surface area (Å²) in [6.07, 6.45) is 11.1. The van der Waals surface area contributed by atoms with Crippen molar-refractivity contribution >= 4 is 18.0 Å². The van der Waals surface area contributed by atoms with Crippen LogP contribution in [0.15, 0.2) is 23.3 Å². The van der Waals surface area contributed by atoms with E-state index < -0.39 is 28.2 Å². The molecule has 5 aliphatic rings. The van der Waals surface area contributed by atoms with Gasteiger partial charge in [0.15, 0.2) is 11.2 Å². The van der Waals surface area contributed by atoms with Crippen molar-refractivity contribution in [3.63, 3.8) is 0 Å². The van der Waals surface area contributed by atoms with Crippen LogP contribution in [-0.4, -0.2) is 33.9 Å². The molecule has 34 heavy (non-hydrogen) atoms. The highest BCUT2D eigenvalue weighted by molar-refractivity contribution is 6.13. The Kier molecular flexibility index (Phi) is 4.88. The Balaban J connectivity index is 1.68. The van der Waals surface area contributed by atoms with Crippen LogP contribution in [-0.2, 0) is 14.4 Å². The third-order valence-electron chi connectivity index (χ3n) is 11.5. The minimum absolute atomic E-state index is 0.0256. The van der Waals surface area contributed by atoms with Gasteiger partial charge in [0.1, 0.15) is 11.9 Å². The van der Waals surface area contributed by atoms with E-state index in [2.05, 4.69) is 27.7 Å². The first-order valence-corrected chi connectivity index (χ1v) is 13.1. The molecule has 0 saturated heterocycles. The molecule has 0 heterocycles. The molecule has 0 aromatic heterocycles. The van der Waals surface area contributed by atoms with E-state index in [0.29, 0.717) is 17.4 Å². The first kappa shape index (κ1) is 24.0. The van der Waals surface area contributed by atoms with Gasteiger partial charge in [-0.3, -0.25) is 9.59 Å². The van der Waals surface area contributed by atoms with E-state index in [-0.39, 0.29) is 35.5 Å². The summed E-state index contributed by atoms with van der Waals surface area (Å²) in [5, 5.41) is 22.6. The molecule has 2 N–H and O–H groups in total. The number of aliphatic carboxylic acids is 1. The van der Waals surface area contributed by atoms with E-state index in [4.69, 9.17) is 0 Å². The Labute approximate surface area is 203 Å². The van der Waals surface area contributed by atoms with E-state index in [9.17, 15) is 24.6 Å². The Morgan fingerprint density at radius 1 is 1.00 bits per heavy atom. The van der Waals surface area contributed by atoms with Crippen LogP contribution in [0.1, 0.15) is 92.4 Å². The first-order valence-electron chi connectivity index (χ1n) is 13.1. The van der Waals surface area contributed by atoms with Crippen molar-refractivity contribution in [3.8, 4) is 0 Å². The highest BCUT2D eigenvalue weighted by atomic mass is 16.4. The van der Waals surface area contributed by atoms with Crippen molar-refractivity contribution in [1.29, 1.82) is 0 Å². The molecule has 5 aliphatic carbocycles. The summed E-state index contributed by atoms with van der Waals surface area (Å²) in [4.78, 5) is 38.3. The number of ketones is 1. The van der Waals surface area contributed by atoms with Crippen LogP contribution in [0.25, 0.3) is 0 Å². The zero-order valence-corrected chi connectivity index (χ0v) is 21.4. The highest BCUT2D eigenvalue weighted by Crippen LogP contribution is 2.71. The maximum Gasteiger partial charge on any atom is 0.320 e. The van der Waals surface area contributed by atoms with Gasteiger partial charge in [0.2, 0.25) is 0 Å². The number of hydrogen-bond donors (Lipinski definition) is 2. The largest absolute Gasteiger partial charge is 0.480 e. The molecule has 7 atom stereocenters. The van der Waals surface area contributed by atoms with E-state index in [1.165, 1.54) is 12.8 Å². The van der Waals surface area contributed by atoms with Crippen molar-refractivity contribution in [2.45, 2.75) is 98.0 Å². The van der Waals surface area contributed by atoms with Crippen LogP contribution in [0.2, 0.25) is 0 Å². The molecular weight excluding hydrogens is 428 g/mol. The lowest BCUT2D eigenvalue weighted by Gasteiger charge is -2.66. The van der Waals surface area contributed by atoms with Crippen molar-refractivity contribution in [3.05, 3.63) is 23.3 Å². The summed E-state index contributed by atoms with van der Waals surface area (Å²) in [6, 6.07) is 0. The van der Waals surface area contributed by atoms with Gasteiger partial charge in [-0.15, -0.1) is 0 Å². The molecule has 3 saturated carbocycles. The number of carboxylic acids is 1. The highest BCUT2D eigenvalue weighted by Gasteiger charge is 2.71. The van der Waals surface area contributed by atoms with Crippen molar-refractivity contribution in [2.75, 3.05) is 0 Å². The van der Waals surface area contributed by atoms with Crippen LogP contribution in [0.4, 0.5) is 0 Å². The predicted octanol–water partition coefficient (Wildman–Crippen LogP) is 5.27. The molecule has 0 aromatic carbocycles. The van der Waals surface area contributed by atoms with Gasteiger partial charge in [-0.25, -0.2) is 0 Å². The molecule has 186 valence electrons. The van der Waals surface area contributed by atoms with Gasteiger partial charge < -0.3 is 15.0 Å². The van der Waals surface area contributed by atoms with Gasteiger partial charge in [-0.05, 0) is 96.7 Å². The molecule has 5 nitrogen and oxygen atoms in total. The number of carbonyl (C=O) groups excluding carboxylic acids is 2. The summed E-state index contributed by atoms with van der Waals surface area (Å²) in [5.74, 6) is -0.833. The number of hydrogen-bond acceptors (Lipinski definition) is 4. The van der Waals surface area contributed by atoms with Gasteiger partial charge in [0.05, 0.1) is 0 Å². The number of aldehydes is 1. The van der Waals surface area contributed by atoms with Crippen LogP contribution in [0, 0.1) is 38.9 Å². The summed E-state index contributed by atoms with van der Waals surface area (Å²) in [6.45, 7) is 11.3.